The van der Waals surface area contributed by atoms with Crippen LogP contribution in [-0.2, 0) is 14.2 Å². The van der Waals surface area contributed by atoms with Crippen molar-refractivity contribution in [3.63, 3.8) is 0 Å². The van der Waals surface area contributed by atoms with Gasteiger partial charge >= 0.3 is 0 Å². The summed E-state index contributed by atoms with van der Waals surface area (Å²) in [6.07, 6.45) is 2.56. The first kappa shape index (κ1) is 14.3. The molecule has 2 aliphatic heterocycles. The van der Waals surface area contributed by atoms with E-state index < -0.39 is 5.79 Å². The molecule has 6 nitrogen and oxygen atoms in total. The summed E-state index contributed by atoms with van der Waals surface area (Å²) in [4.78, 5) is 2.93. The number of hydrogen-bond acceptors (Lipinski definition) is 4. The van der Waals surface area contributed by atoms with E-state index in [0.717, 1.165) is 6.42 Å². The molecule has 0 aromatic rings. The lowest BCUT2D eigenvalue weighted by atomic mass is 9.91. The molecule has 0 radical (unpaired) electrons. The number of ether oxygens (including phenoxy) is 3. The number of rotatable bonds is 4. The van der Waals surface area contributed by atoms with Crippen LogP contribution in [0.3, 0.4) is 0 Å². The fourth-order valence-electron chi connectivity index (χ4n) is 2.85. The van der Waals surface area contributed by atoms with E-state index in [9.17, 15) is 0 Å². The molecule has 0 spiro atoms. The number of azide groups is 1. The second-order valence-corrected chi connectivity index (χ2v) is 5.41. The third kappa shape index (κ3) is 2.77. The average molecular weight is 267 g/mol. The van der Waals surface area contributed by atoms with Gasteiger partial charge in [0.05, 0.1) is 18.2 Å². The van der Waals surface area contributed by atoms with E-state index in [2.05, 4.69) is 23.5 Å². The van der Waals surface area contributed by atoms with E-state index >= 15 is 0 Å². The normalized spacial score (nSPS) is 40.3. The molecule has 0 saturated carbocycles. The Kier molecular flexibility index (Phi) is 4.16. The maximum atomic E-state index is 8.76. The molecule has 0 aliphatic carbocycles. The Morgan fingerprint density at radius 3 is 2.58 bits per heavy atom. The Morgan fingerprint density at radius 2 is 2.00 bits per heavy atom. The maximum absolute atomic E-state index is 8.76. The summed E-state index contributed by atoms with van der Waals surface area (Å²) in [5, 5.41) is 3.86. The smallest absolute Gasteiger partial charge is 0.163 e. The molecule has 0 amide bonds. The van der Waals surface area contributed by atoms with Crippen molar-refractivity contribution in [3.05, 3.63) is 23.1 Å². The standard InChI is InChI=1S/C13H21N3O3/c1-5-7-9-10(15-16-14)12-11(8(6-2)17-9)18-13(3,4)19-12/h5,8-12H,1,6-7H2,2-4H3/t8-,9?,10+,11+,12-/m1/s1. The summed E-state index contributed by atoms with van der Waals surface area (Å²) in [5.74, 6) is -0.668. The van der Waals surface area contributed by atoms with Crippen molar-refractivity contribution < 1.29 is 14.2 Å². The first-order chi connectivity index (χ1) is 9.02. The molecular formula is C13H21N3O3. The lowest BCUT2D eigenvalue weighted by molar-refractivity contribution is -0.159. The van der Waals surface area contributed by atoms with E-state index in [0.29, 0.717) is 6.42 Å². The first-order valence-corrected chi connectivity index (χ1v) is 6.68. The quantitative estimate of drug-likeness (QED) is 0.340. The molecule has 0 N–H and O–H groups in total. The summed E-state index contributed by atoms with van der Waals surface area (Å²) in [7, 11) is 0. The number of nitrogens with zero attached hydrogens (tertiary/aromatic N) is 3. The van der Waals surface area contributed by atoms with Gasteiger partial charge in [0.1, 0.15) is 12.2 Å². The highest BCUT2D eigenvalue weighted by Gasteiger charge is 2.53. The molecule has 6 heteroatoms. The highest BCUT2D eigenvalue weighted by molar-refractivity contribution is 5.03. The first-order valence-electron chi connectivity index (χ1n) is 6.68. The van der Waals surface area contributed by atoms with E-state index in [-0.39, 0.29) is 30.5 Å². The maximum Gasteiger partial charge on any atom is 0.163 e. The van der Waals surface area contributed by atoms with Gasteiger partial charge in [-0.05, 0) is 32.2 Å². The third-order valence-electron chi connectivity index (χ3n) is 3.58. The van der Waals surface area contributed by atoms with Crippen molar-refractivity contribution in [3.8, 4) is 0 Å². The van der Waals surface area contributed by atoms with Gasteiger partial charge in [-0.25, -0.2) is 0 Å². The van der Waals surface area contributed by atoms with Crippen LogP contribution in [0.1, 0.15) is 33.6 Å². The highest BCUT2D eigenvalue weighted by atomic mass is 16.8. The molecule has 0 aromatic carbocycles. The highest BCUT2D eigenvalue weighted by Crippen LogP contribution is 2.40. The largest absolute Gasteiger partial charge is 0.371 e. The van der Waals surface area contributed by atoms with Crippen LogP contribution in [0.15, 0.2) is 17.8 Å². The van der Waals surface area contributed by atoms with Crippen LogP contribution in [0.25, 0.3) is 10.4 Å². The topological polar surface area (TPSA) is 76.5 Å². The monoisotopic (exact) mass is 267 g/mol. The molecule has 2 heterocycles. The Morgan fingerprint density at radius 1 is 1.32 bits per heavy atom. The second-order valence-electron chi connectivity index (χ2n) is 5.41. The van der Waals surface area contributed by atoms with Gasteiger partial charge < -0.3 is 14.2 Å². The van der Waals surface area contributed by atoms with Crippen LogP contribution >= 0.6 is 0 Å². The molecule has 2 fully saturated rings. The Hall–Kier alpha value is -1.07. The van der Waals surface area contributed by atoms with Crippen LogP contribution < -0.4 is 0 Å². The van der Waals surface area contributed by atoms with Gasteiger partial charge in [0.2, 0.25) is 0 Å². The van der Waals surface area contributed by atoms with Gasteiger partial charge in [-0.2, -0.15) is 0 Å². The van der Waals surface area contributed by atoms with E-state index in [1.165, 1.54) is 0 Å². The molecule has 1 unspecified atom stereocenters. The van der Waals surface area contributed by atoms with E-state index in [1.807, 2.05) is 13.8 Å². The zero-order valence-corrected chi connectivity index (χ0v) is 11.7. The van der Waals surface area contributed by atoms with Crippen LogP contribution in [0.2, 0.25) is 0 Å². The summed E-state index contributed by atoms with van der Waals surface area (Å²) >= 11 is 0. The summed E-state index contributed by atoms with van der Waals surface area (Å²) in [6, 6.07) is -0.377. The fraction of sp³-hybridized carbons (Fsp3) is 0.846. The molecule has 2 saturated heterocycles. The third-order valence-corrected chi connectivity index (χ3v) is 3.58. The van der Waals surface area contributed by atoms with E-state index in [1.54, 1.807) is 6.08 Å². The van der Waals surface area contributed by atoms with Crippen molar-refractivity contribution in [2.75, 3.05) is 0 Å². The average Bonchev–Trinajstić information content (AvgIpc) is 2.67. The molecule has 0 bridgehead atoms. The molecule has 0 aromatic heterocycles. The minimum atomic E-state index is -0.668. The molecule has 2 rings (SSSR count). The number of fused-ring (bicyclic) bond motifs is 1. The van der Waals surface area contributed by atoms with Crippen molar-refractivity contribution in [2.45, 2.75) is 69.9 Å². The second kappa shape index (κ2) is 5.51. The Bertz CT molecular complexity index is 393. The lowest BCUT2D eigenvalue weighted by Crippen LogP contribution is -2.54. The fourth-order valence-corrected chi connectivity index (χ4v) is 2.85. The van der Waals surface area contributed by atoms with Crippen molar-refractivity contribution in [1.29, 1.82) is 0 Å². The Balaban J connectivity index is 2.29. The molecule has 19 heavy (non-hydrogen) atoms. The summed E-state index contributed by atoms with van der Waals surface area (Å²) in [5.41, 5.74) is 8.76. The van der Waals surface area contributed by atoms with Gasteiger partial charge in [-0.3, -0.25) is 0 Å². The summed E-state index contributed by atoms with van der Waals surface area (Å²) < 4.78 is 17.8. The Labute approximate surface area is 113 Å². The van der Waals surface area contributed by atoms with Gasteiger partial charge in [-0.1, -0.05) is 18.1 Å². The number of hydrogen-bond donors (Lipinski definition) is 0. The predicted molar refractivity (Wildman–Crippen MR) is 70.5 cm³/mol. The predicted octanol–water partition coefficient (Wildman–Crippen LogP) is 2.94. The van der Waals surface area contributed by atoms with Gasteiger partial charge in [0, 0.05) is 4.91 Å². The zero-order chi connectivity index (χ0) is 14.0. The van der Waals surface area contributed by atoms with Crippen LogP contribution in [0, 0.1) is 0 Å². The van der Waals surface area contributed by atoms with Crippen molar-refractivity contribution in [2.24, 2.45) is 5.11 Å². The SMILES string of the molecule is C=CCC1O[C@H](CC)[C@@H]2OC(C)(C)O[C@@H]2[C@H]1N=[N+]=[N-]. The molecule has 106 valence electrons. The van der Waals surface area contributed by atoms with Crippen molar-refractivity contribution in [1.82, 2.24) is 0 Å². The molecule has 5 atom stereocenters. The van der Waals surface area contributed by atoms with Crippen molar-refractivity contribution >= 4 is 0 Å². The molecular weight excluding hydrogens is 246 g/mol. The van der Waals surface area contributed by atoms with Crippen LogP contribution in [0.5, 0.6) is 0 Å². The van der Waals surface area contributed by atoms with Gasteiger partial charge in [0.25, 0.3) is 0 Å². The van der Waals surface area contributed by atoms with Crippen LogP contribution in [-0.4, -0.2) is 36.2 Å². The van der Waals surface area contributed by atoms with Gasteiger partial charge in [0.15, 0.2) is 5.79 Å². The summed E-state index contributed by atoms with van der Waals surface area (Å²) in [6.45, 7) is 9.52. The molecule has 2 aliphatic rings. The minimum Gasteiger partial charge on any atom is -0.371 e. The van der Waals surface area contributed by atoms with Crippen LogP contribution in [0.4, 0.5) is 0 Å². The van der Waals surface area contributed by atoms with E-state index in [4.69, 9.17) is 19.7 Å². The lowest BCUT2D eigenvalue weighted by Gasteiger charge is -2.40. The zero-order valence-electron chi connectivity index (χ0n) is 11.7. The van der Waals surface area contributed by atoms with Gasteiger partial charge in [-0.15, -0.1) is 6.58 Å². The minimum absolute atomic E-state index is 0.0399.